The number of ether oxygens (including phenoxy) is 2. The summed E-state index contributed by atoms with van der Waals surface area (Å²) in [6.45, 7) is 0.718. The van der Waals surface area contributed by atoms with Crippen LogP contribution >= 0.6 is 45.2 Å². The van der Waals surface area contributed by atoms with Crippen molar-refractivity contribution in [2.75, 3.05) is 13.2 Å². The molecule has 2 unspecified atom stereocenters. The van der Waals surface area contributed by atoms with Crippen molar-refractivity contribution in [3.05, 3.63) is 114 Å². The van der Waals surface area contributed by atoms with Gasteiger partial charge in [-0.25, -0.2) is 0 Å². The highest BCUT2D eigenvalue weighted by molar-refractivity contribution is 14.1. The minimum atomic E-state index is -1.28. The average molecular weight is 698 g/mol. The molecule has 4 nitrogen and oxygen atoms in total. The van der Waals surface area contributed by atoms with Crippen molar-refractivity contribution in [3.8, 4) is 0 Å². The van der Waals surface area contributed by atoms with E-state index >= 15 is 0 Å². The van der Waals surface area contributed by atoms with Gasteiger partial charge in [0.2, 0.25) is 0 Å². The quantitative estimate of drug-likeness (QED) is 0.284. The average Bonchev–Trinajstić information content (AvgIpc) is 3.43. The lowest BCUT2D eigenvalue weighted by atomic mass is 9.54. The lowest BCUT2D eigenvalue weighted by Gasteiger charge is -2.52. The van der Waals surface area contributed by atoms with Gasteiger partial charge in [0.15, 0.2) is 22.8 Å². The topological polar surface area (TPSA) is 52.6 Å². The molecule has 36 heavy (non-hydrogen) atoms. The molecule has 2 aromatic carbocycles. The van der Waals surface area contributed by atoms with Crippen molar-refractivity contribution in [2.45, 2.75) is 11.2 Å². The van der Waals surface area contributed by atoms with E-state index in [2.05, 4.69) is 51.3 Å². The summed E-state index contributed by atoms with van der Waals surface area (Å²) in [6, 6.07) is 20.0. The molecule has 6 heteroatoms. The zero-order valence-corrected chi connectivity index (χ0v) is 23.4. The van der Waals surface area contributed by atoms with Crippen molar-refractivity contribution < 1.29 is 19.1 Å². The maximum Gasteiger partial charge on any atom is 0.196 e. The molecule has 2 aliphatic heterocycles. The van der Waals surface area contributed by atoms with Crippen LogP contribution in [0.25, 0.3) is 11.1 Å². The van der Waals surface area contributed by atoms with Crippen molar-refractivity contribution in [1.82, 2.24) is 0 Å². The van der Waals surface area contributed by atoms with E-state index in [0.717, 1.165) is 40.6 Å². The molecule has 4 atom stereocenters. The van der Waals surface area contributed by atoms with E-state index in [1.807, 2.05) is 72.8 Å². The summed E-state index contributed by atoms with van der Waals surface area (Å²) >= 11 is 4.61. The minimum Gasteiger partial charge on any atom is -0.356 e. The summed E-state index contributed by atoms with van der Waals surface area (Å²) in [5.41, 5.74) is 2.99. The van der Waals surface area contributed by atoms with Crippen molar-refractivity contribution in [2.24, 2.45) is 11.8 Å². The van der Waals surface area contributed by atoms with Gasteiger partial charge in [-0.05, 0) is 73.5 Å². The number of hydrogen-bond acceptors (Lipinski definition) is 4. The van der Waals surface area contributed by atoms with Gasteiger partial charge in [0, 0.05) is 24.2 Å². The SMILES string of the molecule is O=C1C=CC2=C(C3C=CC2C(=O)[C@@]32OCC(I)=C2c2ccccc2)[C@]12OCC(I)=C2c1ccccc1. The van der Waals surface area contributed by atoms with E-state index in [4.69, 9.17) is 9.47 Å². The van der Waals surface area contributed by atoms with E-state index in [9.17, 15) is 9.59 Å². The molecule has 0 radical (unpaired) electrons. The first-order chi connectivity index (χ1) is 17.5. The molecule has 0 saturated carbocycles. The Hall–Kier alpha value is -2.14. The molecule has 2 aromatic rings. The molecule has 4 aliphatic carbocycles. The third-order valence-corrected chi connectivity index (χ3v) is 9.61. The number of halogens is 2. The first-order valence-electron chi connectivity index (χ1n) is 11.9. The Morgan fingerprint density at radius 1 is 0.750 bits per heavy atom. The molecule has 0 aromatic heterocycles. The number of hydrogen-bond donors (Lipinski definition) is 0. The predicted octanol–water partition coefficient (Wildman–Crippen LogP) is 6.04. The highest BCUT2D eigenvalue weighted by Crippen LogP contribution is 2.62. The smallest absolute Gasteiger partial charge is 0.196 e. The third-order valence-electron chi connectivity index (χ3n) is 7.91. The highest BCUT2D eigenvalue weighted by atomic mass is 127. The number of Topliss-reactive ketones (excluding diaryl/α,β-unsaturated/α-hetero) is 1. The fourth-order valence-electron chi connectivity index (χ4n) is 6.57. The number of allylic oxidation sites excluding steroid dienone is 3. The molecule has 0 amide bonds. The molecule has 2 spiro atoms. The second kappa shape index (κ2) is 8.18. The Balaban J connectivity index is 1.49. The number of ketones is 2. The van der Waals surface area contributed by atoms with Crippen LogP contribution in [-0.2, 0) is 19.1 Å². The first kappa shape index (κ1) is 23.0. The molecule has 2 heterocycles. The molecule has 178 valence electrons. The van der Waals surface area contributed by atoms with Crippen LogP contribution in [0.2, 0.25) is 0 Å². The fraction of sp³-hybridized carbons (Fsp3) is 0.200. The van der Waals surface area contributed by atoms with Crippen molar-refractivity contribution in [1.29, 1.82) is 0 Å². The molecular formula is C30H20I2O4. The van der Waals surface area contributed by atoms with Crippen molar-refractivity contribution in [3.63, 3.8) is 0 Å². The van der Waals surface area contributed by atoms with Gasteiger partial charge in [0.1, 0.15) is 0 Å². The molecule has 8 rings (SSSR count). The molecule has 0 saturated heterocycles. The van der Waals surface area contributed by atoms with E-state index in [1.54, 1.807) is 6.08 Å². The summed E-state index contributed by atoms with van der Waals surface area (Å²) in [5.74, 6) is -1.02. The van der Waals surface area contributed by atoms with Gasteiger partial charge >= 0.3 is 0 Å². The second-order valence-corrected chi connectivity index (χ2v) is 12.2. The Bertz CT molecular complexity index is 1500. The maximum atomic E-state index is 14.3. The zero-order valence-electron chi connectivity index (χ0n) is 19.0. The van der Waals surface area contributed by atoms with Gasteiger partial charge in [-0.15, -0.1) is 0 Å². The van der Waals surface area contributed by atoms with E-state index in [-0.39, 0.29) is 11.6 Å². The summed E-state index contributed by atoms with van der Waals surface area (Å²) in [5, 5.41) is 0. The normalized spacial score (nSPS) is 32.6. The van der Waals surface area contributed by atoms with E-state index in [1.165, 1.54) is 0 Å². The van der Waals surface area contributed by atoms with Crippen LogP contribution in [-0.4, -0.2) is 36.0 Å². The van der Waals surface area contributed by atoms with Crippen LogP contribution in [0.15, 0.2) is 103 Å². The van der Waals surface area contributed by atoms with Crippen LogP contribution in [0.4, 0.5) is 0 Å². The van der Waals surface area contributed by atoms with Crippen LogP contribution in [0.3, 0.4) is 0 Å². The maximum absolute atomic E-state index is 14.3. The van der Waals surface area contributed by atoms with Gasteiger partial charge in [0.25, 0.3) is 0 Å². The molecule has 0 fully saturated rings. The van der Waals surface area contributed by atoms with Gasteiger partial charge in [-0.1, -0.05) is 78.9 Å². The molecule has 0 N–H and O–H groups in total. The van der Waals surface area contributed by atoms with Crippen LogP contribution in [0, 0.1) is 11.8 Å². The van der Waals surface area contributed by atoms with Gasteiger partial charge in [0.05, 0.1) is 19.1 Å². The van der Waals surface area contributed by atoms with Gasteiger partial charge < -0.3 is 9.47 Å². The van der Waals surface area contributed by atoms with Gasteiger partial charge in [-0.3, -0.25) is 9.59 Å². The Kier molecular flexibility index (Phi) is 5.23. The first-order valence-corrected chi connectivity index (χ1v) is 14.0. The highest BCUT2D eigenvalue weighted by Gasteiger charge is 2.67. The van der Waals surface area contributed by atoms with Crippen molar-refractivity contribution >= 4 is 67.9 Å². The monoisotopic (exact) mass is 698 g/mol. The summed E-state index contributed by atoms with van der Waals surface area (Å²) in [7, 11) is 0. The van der Waals surface area contributed by atoms with Gasteiger partial charge in [-0.2, -0.15) is 0 Å². The lowest BCUT2D eigenvalue weighted by molar-refractivity contribution is -0.144. The predicted molar refractivity (Wildman–Crippen MR) is 154 cm³/mol. The summed E-state index contributed by atoms with van der Waals surface area (Å²) in [4.78, 5) is 28.2. The Morgan fingerprint density at radius 3 is 2.06 bits per heavy atom. The van der Waals surface area contributed by atoms with E-state index < -0.39 is 23.0 Å². The Morgan fingerprint density at radius 2 is 1.36 bits per heavy atom. The standard InChI is InChI=1S/C30H20I2O4/c31-22-15-35-29(25(22)17-7-3-1-4-8-17)21-13-11-20(28(29)34)19-12-14-24(33)30(27(19)21)26(23(32)16-36-30)18-9-5-2-6-10-18/h1-14,20-21H,15-16H2/t20?,21?,29-,30+/m1/s1. The zero-order chi connectivity index (χ0) is 24.7. The third kappa shape index (κ3) is 2.81. The number of carbonyl (C=O) groups excluding carboxylic acids is 2. The number of benzene rings is 2. The summed E-state index contributed by atoms with van der Waals surface area (Å²) < 4.78 is 15.1. The lowest BCUT2D eigenvalue weighted by Crippen LogP contribution is -2.61. The van der Waals surface area contributed by atoms with Crippen LogP contribution in [0.5, 0.6) is 0 Å². The number of carbonyl (C=O) groups is 2. The number of rotatable bonds is 2. The van der Waals surface area contributed by atoms with E-state index in [0.29, 0.717) is 13.2 Å². The molecule has 6 aliphatic rings. The summed E-state index contributed by atoms with van der Waals surface area (Å²) in [6.07, 6.45) is 7.48. The van der Waals surface area contributed by atoms with Crippen LogP contribution in [0.1, 0.15) is 11.1 Å². The largest absolute Gasteiger partial charge is 0.356 e. The fourth-order valence-corrected chi connectivity index (χ4v) is 8.28. The second-order valence-electron chi connectivity index (χ2n) is 9.56. The minimum absolute atomic E-state index is 0.0337. The molecule has 2 bridgehead atoms. The Labute approximate surface area is 236 Å². The molecular weight excluding hydrogens is 678 g/mol. The van der Waals surface area contributed by atoms with Crippen LogP contribution < -0.4 is 0 Å².